The second-order valence-corrected chi connectivity index (χ2v) is 5.73. The number of rotatable bonds is 4. The van der Waals surface area contributed by atoms with Crippen LogP contribution < -0.4 is 10.1 Å². The molecule has 0 saturated heterocycles. The average molecular weight is 283 g/mol. The van der Waals surface area contributed by atoms with Gasteiger partial charge in [-0.1, -0.05) is 49.2 Å². The van der Waals surface area contributed by atoms with Crippen LogP contribution in [-0.2, 0) is 4.79 Å². The molecule has 0 radical (unpaired) electrons. The number of hydrogen-bond acceptors (Lipinski definition) is 2. The fourth-order valence-corrected chi connectivity index (χ4v) is 2.93. The van der Waals surface area contributed by atoms with Gasteiger partial charge in [0.25, 0.3) is 5.91 Å². The molecule has 0 spiro atoms. The monoisotopic (exact) mass is 283 g/mol. The molecule has 1 aliphatic carbocycles. The third-order valence-corrected chi connectivity index (χ3v) is 4.12. The van der Waals surface area contributed by atoms with E-state index in [4.69, 9.17) is 4.74 Å². The summed E-state index contributed by atoms with van der Waals surface area (Å²) in [6, 6.07) is 14.3. The number of carbonyl (C=O) groups is 1. The zero-order chi connectivity index (χ0) is 14.7. The van der Waals surface area contributed by atoms with Gasteiger partial charge < -0.3 is 10.1 Å². The van der Waals surface area contributed by atoms with Gasteiger partial charge in [-0.2, -0.15) is 0 Å². The van der Waals surface area contributed by atoms with Crippen LogP contribution in [0.5, 0.6) is 5.75 Å². The number of nitrogens with one attached hydrogen (secondary N) is 1. The van der Waals surface area contributed by atoms with Crippen LogP contribution in [-0.4, -0.2) is 18.1 Å². The number of carbonyl (C=O) groups excluding carboxylic acids is 1. The maximum Gasteiger partial charge on any atom is 0.260 e. The van der Waals surface area contributed by atoms with E-state index in [0.29, 0.717) is 6.04 Å². The van der Waals surface area contributed by atoms with E-state index in [1.807, 2.05) is 49.4 Å². The Morgan fingerprint density at radius 3 is 2.67 bits per heavy atom. The summed E-state index contributed by atoms with van der Waals surface area (Å²) >= 11 is 0. The Morgan fingerprint density at radius 1 is 1.14 bits per heavy atom. The molecule has 0 unspecified atom stereocenters. The summed E-state index contributed by atoms with van der Waals surface area (Å²) in [6.07, 6.45) is 4.13. The minimum Gasteiger partial charge on any atom is -0.480 e. The lowest BCUT2D eigenvalue weighted by Crippen LogP contribution is -2.41. The molecule has 2 aromatic carbocycles. The van der Waals surface area contributed by atoms with E-state index in [0.717, 1.165) is 29.4 Å². The van der Waals surface area contributed by atoms with E-state index < -0.39 is 6.10 Å². The Bertz CT molecular complexity index is 627. The van der Waals surface area contributed by atoms with Gasteiger partial charge in [-0.25, -0.2) is 0 Å². The van der Waals surface area contributed by atoms with Crippen molar-refractivity contribution in [1.82, 2.24) is 5.32 Å². The topological polar surface area (TPSA) is 38.3 Å². The minimum absolute atomic E-state index is 0.0187. The van der Waals surface area contributed by atoms with Gasteiger partial charge in [-0.15, -0.1) is 0 Å². The van der Waals surface area contributed by atoms with Crippen LogP contribution in [0.25, 0.3) is 10.8 Å². The van der Waals surface area contributed by atoms with Crippen molar-refractivity contribution in [3.8, 4) is 5.75 Å². The second kappa shape index (κ2) is 6.17. The molecule has 0 aromatic heterocycles. The largest absolute Gasteiger partial charge is 0.480 e. The number of benzene rings is 2. The zero-order valence-electron chi connectivity index (χ0n) is 12.3. The molecule has 21 heavy (non-hydrogen) atoms. The first-order valence-electron chi connectivity index (χ1n) is 7.69. The van der Waals surface area contributed by atoms with Crippen molar-refractivity contribution < 1.29 is 9.53 Å². The summed E-state index contributed by atoms with van der Waals surface area (Å²) in [4.78, 5) is 12.2. The Morgan fingerprint density at radius 2 is 1.86 bits per heavy atom. The van der Waals surface area contributed by atoms with Crippen molar-refractivity contribution in [3.63, 3.8) is 0 Å². The average Bonchev–Trinajstić information content (AvgIpc) is 3.00. The van der Waals surface area contributed by atoms with Crippen LogP contribution >= 0.6 is 0 Å². The Hall–Kier alpha value is -2.03. The maximum absolute atomic E-state index is 12.2. The van der Waals surface area contributed by atoms with Crippen molar-refractivity contribution in [2.24, 2.45) is 0 Å². The van der Waals surface area contributed by atoms with Gasteiger partial charge in [-0.3, -0.25) is 4.79 Å². The molecule has 3 rings (SSSR count). The van der Waals surface area contributed by atoms with Crippen molar-refractivity contribution >= 4 is 16.7 Å². The molecule has 0 aliphatic heterocycles. The smallest absolute Gasteiger partial charge is 0.260 e. The minimum atomic E-state index is -0.476. The standard InChI is InChI=1S/C18H21NO2/c1-13(18(20)19-15-9-3-4-10-15)21-17-12-6-8-14-7-2-5-11-16(14)17/h2,5-8,11-13,15H,3-4,9-10H2,1H3,(H,19,20)/t13-/m1/s1. The molecule has 0 bridgehead atoms. The molecule has 3 nitrogen and oxygen atoms in total. The van der Waals surface area contributed by atoms with Gasteiger partial charge in [-0.05, 0) is 31.2 Å². The van der Waals surface area contributed by atoms with Crippen LogP contribution in [0.2, 0.25) is 0 Å². The fraction of sp³-hybridized carbons (Fsp3) is 0.389. The van der Waals surface area contributed by atoms with Gasteiger partial charge in [0.15, 0.2) is 6.10 Å². The van der Waals surface area contributed by atoms with Crippen LogP contribution in [0.4, 0.5) is 0 Å². The van der Waals surface area contributed by atoms with Crippen LogP contribution in [0.3, 0.4) is 0 Å². The van der Waals surface area contributed by atoms with E-state index in [-0.39, 0.29) is 5.91 Å². The number of fused-ring (bicyclic) bond motifs is 1. The maximum atomic E-state index is 12.2. The normalized spacial score (nSPS) is 16.8. The van der Waals surface area contributed by atoms with Gasteiger partial charge in [0.05, 0.1) is 0 Å². The SMILES string of the molecule is C[C@@H](Oc1cccc2ccccc12)C(=O)NC1CCCC1. The third kappa shape index (κ3) is 3.18. The highest BCUT2D eigenvalue weighted by molar-refractivity contribution is 5.89. The Kier molecular flexibility index (Phi) is 4.09. The molecule has 1 saturated carbocycles. The van der Waals surface area contributed by atoms with E-state index >= 15 is 0 Å². The van der Waals surface area contributed by atoms with Crippen LogP contribution in [0.1, 0.15) is 32.6 Å². The highest BCUT2D eigenvalue weighted by Crippen LogP contribution is 2.26. The van der Waals surface area contributed by atoms with Gasteiger partial charge in [0.1, 0.15) is 5.75 Å². The van der Waals surface area contributed by atoms with Crippen LogP contribution in [0.15, 0.2) is 42.5 Å². The molecule has 1 fully saturated rings. The molecule has 1 aliphatic rings. The van der Waals surface area contributed by atoms with E-state index in [1.165, 1.54) is 12.8 Å². The van der Waals surface area contributed by atoms with E-state index in [9.17, 15) is 4.79 Å². The van der Waals surface area contributed by atoms with Gasteiger partial charge in [0, 0.05) is 11.4 Å². The molecule has 2 aromatic rings. The first-order valence-corrected chi connectivity index (χ1v) is 7.69. The number of hydrogen-bond donors (Lipinski definition) is 1. The first-order chi connectivity index (χ1) is 10.2. The Labute approximate surface area is 125 Å². The molecule has 1 amide bonds. The molecule has 1 N–H and O–H groups in total. The number of amides is 1. The quantitative estimate of drug-likeness (QED) is 0.929. The van der Waals surface area contributed by atoms with E-state index in [1.54, 1.807) is 0 Å². The first kappa shape index (κ1) is 13.9. The molecule has 0 heterocycles. The third-order valence-electron chi connectivity index (χ3n) is 4.12. The molecular formula is C18H21NO2. The summed E-state index contributed by atoms with van der Waals surface area (Å²) in [6.45, 7) is 1.81. The second-order valence-electron chi connectivity index (χ2n) is 5.73. The van der Waals surface area contributed by atoms with Gasteiger partial charge >= 0.3 is 0 Å². The summed E-state index contributed by atoms with van der Waals surface area (Å²) in [7, 11) is 0. The molecule has 3 heteroatoms. The summed E-state index contributed by atoms with van der Waals surface area (Å²) in [5.41, 5.74) is 0. The lowest BCUT2D eigenvalue weighted by molar-refractivity contribution is -0.127. The molecule has 110 valence electrons. The van der Waals surface area contributed by atoms with Crippen molar-refractivity contribution in [3.05, 3.63) is 42.5 Å². The summed E-state index contributed by atoms with van der Waals surface area (Å²) in [5, 5.41) is 5.25. The molecule has 1 atom stereocenters. The van der Waals surface area contributed by atoms with Crippen molar-refractivity contribution in [2.45, 2.75) is 44.8 Å². The number of ether oxygens (including phenoxy) is 1. The predicted molar refractivity (Wildman–Crippen MR) is 84.4 cm³/mol. The summed E-state index contributed by atoms with van der Waals surface area (Å²) < 4.78 is 5.89. The highest BCUT2D eigenvalue weighted by atomic mass is 16.5. The Balaban J connectivity index is 1.70. The van der Waals surface area contributed by atoms with Crippen molar-refractivity contribution in [1.29, 1.82) is 0 Å². The molecular weight excluding hydrogens is 262 g/mol. The van der Waals surface area contributed by atoms with Crippen molar-refractivity contribution in [2.75, 3.05) is 0 Å². The fourth-order valence-electron chi connectivity index (χ4n) is 2.93. The van der Waals surface area contributed by atoms with Gasteiger partial charge in [0.2, 0.25) is 0 Å². The lowest BCUT2D eigenvalue weighted by Gasteiger charge is -2.19. The zero-order valence-corrected chi connectivity index (χ0v) is 12.3. The van der Waals surface area contributed by atoms with Crippen LogP contribution in [0, 0.1) is 0 Å². The summed E-state index contributed by atoms with van der Waals surface area (Å²) in [5.74, 6) is 0.747. The predicted octanol–water partition coefficient (Wildman–Crippen LogP) is 3.67. The lowest BCUT2D eigenvalue weighted by atomic mass is 10.1. The highest BCUT2D eigenvalue weighted by Gasteiger charge is 2.21. The van der Waals surface area contributed by atoms with E-state index in [2.05, 4.69) is 5.32 Å².